The van der Waals surface area contributed by atoms with Crippen LogP contribution in [0.25, 0.3) is 0 Å². The Balaban J connectivity index is 2.01. The second kappa shape index (κ2) is 10.4. The second-order valence-corrected chi connectivity index (χ2v) is 6.32. The first-order chi connectivity index (χ1) is 13.0. The molecule has 8 heteroatoms. The predicted molar refractivity (Wildman–Crippen MR) is 112 cm³/mol. The number of ether oxygens (including phenoxy) is 2. The van der Waals surface area contributed by atoms with Gasteiger partial charge in [0.05, 0.1) is 18.9 Å². The molecule has 4 N–H and O–H groups in total. The number of amides is 1. The first-order valence-corrected chi connectivity index (χ1v) is 9.33. The summed E-state index contributed by atoms with van der Waals surface area (Å²) in [6, 6.07) is 12.7. The molecule has 2 rings (SSSR count). The van der Waals surface area contributed by atoms with Crippen LogP contribution >= 0.6 is 15.9 Å². The zero-order chi connectivity index (χ0) is 19.6. The molecule has 0 radical (unpaired) electrons. The van der Waals surface area contributed by atoms with Gasteiger partial charge >= 0.3 is 0 Å². The van der Waals surface area contributed by atoms with E-state index >= 15 is 0 Å². The molecule has 144 valence electrons. The molecule has 0 atom stereocenters. The fourth-order valence-corrected chi connectivity index (χ4v) is 2.65. The number of carbonyl (C=O) groups is 1. The first-order valence-electron chi connectivity index (χ1n) is 8.53. The summed E-state index contributed by atoms with van der Waals surface area (Å²) >= 11 is 3.36. The number of rotatable bonds is 8. The first kappa shape index (κ1) is 20.6. The maximum absolute atomic E-state index is 12.0. The SMILES string of the molecule is CCOc1ccc(OCC)c(NC(N)=NCC(=O)Nc2cccc(Br)c2)c1. The molecule has 0 aliphatic carbocycles. The van der Waals surface area contributed by atoms with Crippen LogP contribution in [0.4, 0.5) is 11.4 Å². The molecule has 2 aromatic carbocycles. The van der Waals surface area contributed by atoms with Crippen molar-refractivity contribution in [3.8, 4) is 11.5 Å². The van der Waals surface area contributed by atoms with E-state index in [0.29, 0.717) is 36.1 Å². The van der Waals surface area contributed by atoms with Crippen LogP contribution in [0.15, 0.2) is 51.9 Å². The average molecular weight is 435 g/mol. The van der Waals surface area contributed by atoms with E-state index in [0.717, 1.165) is 4.47 Å². The summed E-state index contributed by atoms with van der Waals surface area (Å²) < 4.78 is 11.9. The van der Waals surface area contributed by atoms with Crippen molar-refractivity contribution < 1.29 is 14.3 Å². The van der Waals surface area contributed by atoms with Crippen LogP contribution in [0.2, 0.25) is 0 Å². The highest BCUT2D eigenvalue weighted by Crippen LogP contribution is 2.29. The largest absolute Gasteiger partial charge is 0.494 e. The normalized spacial score (nSPS) is 11.0. The highest BCUT2D eigenvalue weighted by atomic mass is 79.9. The number of hydrogen-bond donors (Lipinski definition) is 3. The molecule has 0 fully saturated rings. The van der Waals surface area contributed by atoms with Crippen LogP contribution in [-0.4, -0.2) is 31.6 Å². The average Bonchev–Trinajstić information content (AvgIpc) is 2.62. The third-order valence-corrected chi connectivity index (χ3v) is 3.82. The number of carbonyl (C=O) groups excluding carboxylic acids is 1. The van der Waals surface area contributed by atoms with Gasteiger partial charge in [-0.05, 0) is 44.2 Å². The number of nitrogens with two attached hydrogens (primary N) is 1. The lowest BCUT2D eigenvalue weighted by molar-refractivity contribution is -0.114. The van der Waals surface area contributed by atoms with Crippen LogP contribution < -0.4 is 25.8 Å². The summed E-state index contributed by atoms with van der Waals surface area (Å²) in [5.74, 6) is 1.14. The zero-order valence-electron chi connectivity index (χ0n) is 15.3. The van der Waals surface area contributed by atoms with E-state index in [1.807, 2.05) is 32.0 Å². The Morgan fingerprint density at radius 1 is 1.11 bits per heavy atom. The summed E-state index contributed by atoms with van der Waals surface area (Å²) in [7, 11) is 0. The van der Waals surface area contributed by atoms with Crippen LogP contribution in [0.3, 0.4) is 0 Å². The topological polar surface area (TPSA) is 98.0 Å². The lowest BCUT2D eigenvalue weighted by Crippen LogP contribution is -2.25. The minimum Gasteiger partial charge on any atom is -0.494 e. The van der Waals surface area contributed by atoms with E-state index in [9.17, 15) is 4.79 Å². The third kappa shape index (κ3) is 6.82. The van der Waals surface area contributed by atoms with Gasteiger partial charge in [-0.15, -0.1) is 0 Å². The highest BCUT2D eigenvalue weighted by molar-refractivity contribution is 9.10. The molecular formula is C19H23BrN4O3. The zero-order valence-corrected chi connectivity index (χ0v) is 16.9. The summed E-state index contributed by atoms with van der Waals surface area (Å²) in [5, 5.41) is 5.71. The van der Waals surface area contributed by atoms with E-state index in [2.05, 4.69) is 31.6 Å². The van der Waals surface area contributed by atoms with Gasteiger partial charge in [0.15, 0.2) is 5.96 Å². The van der Waals surface area contributed by atoms with Crippen LogP contribution in [0.5, 0.6) is 11.5 Å². The summed E-state index contributed by atoms with van der Waals surface area (Å²) in [5.41, 5.74) is 7.22. The Kier molecular flexibility index (Phi) is 7.94. The standard InChI is InChI=1S/C19H23BrN4O3/c1-3-26-15-8-9-17(27-4-2)16(11-15)24-19(21)22-12-18(25)23-14-7-5-6-13(20)10-14/h5-11H,3-4,12H2,1-2H3,(H,23,25)(H3,21,22,24). The van der Waals surface area contributed by atoms with Crippen molar-refractivity contribution in [3.63, 3.8) is 0 Å². The van der Waals surface area contributed by atoms with Crippen LogP contribution in [0.1, 0.15) is 13.8 Å². The molecule has 27 heavy (non-hydrogen) atoms. The van der Waals surface area contributed by atoms with E-state index in [4.69, 9.17) is 15.2 Å². The Morgan fingerprint density at radius 3 is 2.59 bits per heavy atom. The third-order valence-electron chi connectivity index (χ3n) is 3.33. The number of nitrogens with one attached hydrogen (secondary N) is 2. The minimum absolute atomic E-state index is 0.106. The van der Waals surface area contributed by atoms with Crippen molar-refractivity contribution in [1.82, 2.24) is 0 Å². The van der Waals surface area contributed by atoms with Gasteiger partial charge < -0.3 is 25.8 Å². The fraction of sp³-hybridized carbons (Fsp3) is 0.263. The Hall–Kier alpha value is -2.74. The van der Waals surface area contributed by atoms with E-state index in [1.54, 1.807) is 24.3 Å². The molecular weight excluding hydrogens is 412 g/mol. The van der Waals surface area contributed by atoms with Gasteiger partial charge in [-0.2, -0.15) is 0 Å². The number of nitrogens with zero attached hydrogens (tertiary/aromatic N) is 1. The lowest BCUT2D eigenvalue weighted by atomic mass is 10.2. The van der Waals surface area contributed by atoms with Gasteiger partial charge in [0.25, 0.3) is 0 Å². The summed E-state index contributed by atoms with van der Waals surface area (Å²) in [4.78, 5) is 16.1. The number of anilines is 2. The highest BCUT2D eigenvalue weighted by Gasteiger charge is 2.08. The molecule has 2 aromatic rings. The van der Waals surface area contributed by atoms with E-state index in [-0.39, 0.29) is 18.4 Å². The van der Waals surface area contributed by atoms with E-state index in [1.165, 1.54) is 0 Å². The Morgan fingerprint density at radius 2 is 1.89 bits per heavy atom. The second-order valence-electron chi connectivity index (χ2n) is 5.41. The molecule has 0 aromatic heterocycles. The lowest BCUT2D eigenvalue weighted by Gasteiger charge is -2.14. The van der Waals surface area contributed by atoms with Gasteiger partial charge in [0, 0.05) is 16.2 Å². The predicted octanol–water partition coefficient (Wildman–Crippen LogP) is 3.61. The van der Waals surface area contributed by atoms with Crippen molar-refractivity contribution in [2.45, 2.75) is 13.8 Å². The maximum Gasteiger partial charge on any atom is 0.246 e. The van der Waals surface area contributed by atoms with Crippen molar-refractivity contribution in [2.24, 2.45) is 10.7 Å². The number of hydrogen-bond acceptors (Lipinski definition) is 4. The van der Waals surface area contributed by atoms with Crippen molar-refractivity contribution >= 4 is 39.2 Å². The maximum atomic E-state index is 12.0. The van der Waals surface area contributed by atoms with Crippen molar-refractivity contribution in [1.29, 1.82) is 0 Å². The van der Waals surface area contributed by atoms with Gasteiger partial charge in [-0.25, -0.2) is 4.99 Å². The number of guanidine groups is 1. The van der Waals surface area contributed by atoms with Crippen molar-refractivity contribution in [2.75, 3.05) is 30.4 Å². The molecule has 7 nitrogen and oxygen atoms in total. The number of halogens is 1. The van der Waals surface area contributed by atoms with Crippen molar-refractivity contribution in [3.05, 3.63) is 46.9 Å². The number of benzene rings is 2. The van der Waals surface area contributed by atoms with Crippen LogP contribution in [-0.2, 0) is 4.79 Å². The molecule has 0 aliphatic heterocycles. The Labute approximate surface area is 167 Å². The quantitative estimate of drug-likeness (QED) is 0.435. The van der Waals surface area contributed by atoms with E-state index < -0.39 is 0 Å². The Bertz CT molecular complexity index is 811. The monoisotopic (exact) mass is 434 g/mol. The summed E-state index contributed by atoms with van der Waals surface area (Å²) in [6.45, 7) is 4.75. The molecule has 0 unspecified atom stereocenters. The van der Waals surface area contributed by atoms with Crippen LogP contribution in [0, 0.1) is 0 Å². The molecule has 0 aliphatic rings. The molecule has 0 bridgehead atoms. The fourth-order valence-electron chi connectivity index (χ4n) is 2.25. The van der Waals surface area contributed by atoms with Gasteiger partial charge in [-0.3, -0.25) is 4.79 Å². The molecule has 0 spiro atoms. The van der Waals surface area contributed by atoms with Gasteiger partial charge in [-0.1, -0.05) is 22.0 Å². The molecule has 0 heterocycles. The molecule has 1 amide bonds. The van der Waals surface area contributed by atoms with Gasteiger partial charge in [0.2, 0.25) is 5.91 Å². The molecule has 0 saturated heterocycles. The van der Waals surface area contributed by atoms with Gasteiger partial charge in [0.1, 0.15) is 18.0 Å². The smallest absolute Gasteiger partial charge is 0.246 e. The molecule has 0 saturated carbocycles. The number of aliphatic imine (C=N–C) groups is 1. The minimum atomic E-state index is -0.272. The summed E-state index contributed by atoms with van der Waals surface area (Å²) in [6.07, 6.45) is 0.